The van der Waals surface area contributed by atoms with Gasteiger partial charge in [-0.15, -0.1) is 11.3 Å². The van der Waals surface area contributed by atoms with Crippen LogP contribution in [-0.4, -0.2) is 39.1 Å². The van der Waals surface area contributed by atoms with Gasteiger partial charge in [-0.1, -0.05) is 0 Å². The first-order valence-electron chi connectivity index (χ1n) is 5.21. The molecule has 98 valence electrons. The fraction of sp³-hybridized carbons (Fsp3) is 0.600. The van der Waals surface area contributed by atoms with Crippen molar-refractivity contribution >= 4 is 37.3 Å². The molecule has 0 amide bonds. The van der Waals surface area contributed by atoms with Crippen LogP contribution in [-0.2, 0) is 10.0 Å². The molecule has 4 nitrogen and oxygen atoms in total. The molecule has 1 N–H and O–H groups in total. The van der Waals surface area contributed by atoms with E-state index >= 15 is 0 Å². The van der Waals surface area contributed by atoms with Gasteiger partial charge in [0, 0.05) is 36.0 Å². The van der Waals surface area contributed by atoms with Crippen LogP contribution in [0.15, 0.2) is 15.9 Å². The SMILES string of the molecule is CC(NCCS(=O)(=O)N(C)C)c1sccc1Br. The van der Waals surface area contributed by atoms with E-state index in [-0.39, 0.29) is 11.8 Å². The van der Waals surface area contributed by atoms with E-state index < -0.39 is 10.0 Å². The highest BCUT2D eigenvalue weighted by atomic mass is 79.9. The second kappa shape index (κ2) is 6.29. The molecular weight excluding hydrogens is 324 g/mol. The average molecular weight is 341 g/mol. The van der Waals surface area contributed by atoms with Crippen LogP contribution >= 0.6 is 27.3 Å². The maximum atomic E-state index is 11.5. The number of thiophene rings is 1. The summed E-state index contributed by atoms with van der Waals surface area (Å²) in [5.41, 5.74) is 0. The normalized spacial score (nSPS) is 14.2. The highest BCUT2D eigenvalue weighted by Crippen LogP contribution is 2.28. The lowest BCUT2D eigenvalue weighted by Gasteiger charge is -2.15. The van der Waals surface area contributed by atoms with Gasteiger partial charge >= 0.3 is 0 Å². The first-order valence-corrected chi connectivity index (χ1v) is 8.49. The maximum absolute atomic E-state index is 11.5. The lowest BCUT2D eigenvalue weighted by Crippen LogP contribution is -2.32. The van der Waals surface area contributed by atoms with E-state index in [9.17, 15) is 8.42 Å². The van der Waals surface area contributed by atoms with E-state index in [1.807, 2.05) is 18.4 Å². The summed E-state index contributed by atoms with van der Waals surface area (Å²) < 4.78 is 25.4. The summed E-state index contributed by atoms with van der Waals surface area (Å²) in [5, 5.41) is 5.22. The Balaban J connectivity index is 2.45. The first kappa shape index (κ1) is 15.1. The quantitative estimate of drug-likeness (QED) is 0.862. The van der Waals surface area contributed by atoms with Crippen molar-refractivity contribution in [2.24, 2.45) is 0 Å². The minimum atomic E-state index is -3.11. The molecule has 0 radical (unpaired) electrons. The minimum Gasteiger partial charge on any atom is -0.308 e. The number of sulfonamides is 1. The standard InChI is InChI=1S/C10H17BrN2O2S2/c1-8(10-9(11)4-6-16-10)12-5-7-17(14,15)13(2)3/h4,6,8,12H,5,7H2,1-3H3. The van der Waals surface area contributed by atoms with Crippen LogP contribution in [0.2, 0.25) is 0 Å². The summed E-state index contributed by atoms with van der Waals surface area (Å²) in [5.74, 6) is 0.118. The predicted octanol–water partition coefficient (Wildman–Crippen LogP) is 2.05. The minimum absolute atomic E-state index is 0.118. The molecule has 7 heteroatoms. The van der Waals surface area contributed by atoms with Gasteiger partial charge in [-0.2, -0.15) is 0 Å². The van der Waals surface area contributed by atoms with Gasteiger partial charge in [0.2, 0.25) is 10.0 Å². The Morgan fingerprint density at radius 1 is 1.53 bits per heavy atom. The number of nitrogens with one attached hydrogen (secondary N) is 1. The molecule has 0 aliphatic carbocycles. The van der Waals surface area contributed by atoms with Crippen molar-refractivity contribution in [2.45, 2.75) is 13.0 Å². The Labute approximate surface area is 115 Å². The third-order valence-electron chi connectivity index (χ3n) is 2.40. The van der Waals surface area contributed by atoms with Crippen molar-refractivity contribution in [3.8, 4) is 0 Å². The number of hydrogen-bond acceptors (Lipinski definition) is 4. The molecule has 0 bridgehead atoms. The van der Waals surface area contributed by atoms with Gasteiger partial charge in [0.05, 0.1) is 5.75 Å². The highest BCUT2D eigenvalue weighted by molar-refractivity contribution is 9.10. The third kappa shape index (κ3) is 4.33. The molecule has 17 heavy (non-hydrogen) atoms. The Bertz CT molecular complexity index is 457. The number of hydrogen-bond donors (Lipinski definition) is 1. The molecule has 0 fully saturated rings. The smallest absolute Gasteiger partial charge is 0.214 e. The van der Waals surface area contributed by atoms with Crippen molar-refractivity contribution in [1.82, 2.24) is 9.62 Å². The van der Waals surface area contributed by atoms with Gasteiger partial charge in [-0.25, -0.2) is 12.7 Å². The molecule has 1 unspecified atom stereocenters. The molecule has 1 rings (SSSR count). The molecule has 0 saturated heterocycles. The van der Waals surface area contributed by atoms with E-state index in [1.165, 1.54) is 9.18 Å². The van der Waals surface area contributed by atoms with Crippen molar-refractivity contribution in [3.05, 3.63) is 20.8 Å². The zero-order valence-electron chi connectivity index (χ0n) is 10.1. The van der Waals surface area contributed by atoms with Gasteiger partial charge in [0.15, 0.2) is 0 Å². The van der Waals surface area contributed by atoms with Gasteiger partial charge in [-0.05, 0) is 34.3 Å². The Morgan fingerprint density at radius 2 is 2.18 bits per heavy atom. The van der Waals surface area contributed by atoms with Gasteiger partial charge in [-0.3, -0.25) is 0 Å². The zero-order valence-corrected chi connectivity index (χ0v) is 13.3. The second-order valence-corrected chi connectivity index (χ2v) is 8.01. The molecule has 1 atom stereocenters. The number of nitrogens with zero attached hydrogens (tertiary/aromatic N) is 1. The van der Waals surface area contributed by atoms with Gasteiger partial charge in [0.1, 0.15) is 0 Å². The topological polar surface area (TPSA) is 49.4 Å². The highest BCUT2D eigenvalue weighted by Gasteiger charge is 2.15. The molecule has 1 heterocycles. The van der Waals surface area contributed by atoms with E-state index in [1.54, 1.807) is 25.4 Å². The van der Waals surface area contributed by atoms with Crippen LogP contribution in [0, 0.1) is 0 Å². The van der Waals surface area contributed by atoms with Crippen molar-refractivity contribution in [2.75, 3.05) is 26.4 Å². The Hall–Kier alpha value is 0.0500. The molecular formula is C10H17BrN2O2S2. The fourth-order valence-corrected chi connectivity index (χ4v) is 3.78. The zero-order chi connectivity index (χ0) is 13.1. The lowest BCUT2D eigenvalue weighted by molar-refractivity contribution is 0.513. The van der Waals surface area contributed by atoms with Crippen molar-refractivity contribution < 1.29 is 8.42 Å². The van der Waals surface area contributed by atoms with E-state index in [0.717, 1.165) is 4.47 Å². The molecule has 0 spiro atoms. The summed E-state index contributed by atoms with van der Waals surface area (Å²) in [7, 11) is -0.00985. The van der Waals surface area contributed by atoms with Crippen molar-refractivity contribution in [3.63, 3.8) is 0 Å². The molecule has 0 aromatic carbocycles. The summed E-state index contributed by atoms with van der Waals surface area (Å²) in [6.07, 6.45) is 0. The van der Waals surface area contributed by atoms with Crippen LogP contribution in [0.1, 0.15) is 17.8 Å². The summed E-state index contributed by atoms with van der Waals surface area (Å²) in [6.45, 7) is 2.48. The number of halogens is 1. The average Bonchev–Trinajstić information content (AvgIpc) is 2.63. The summed E-state index contributed by atoms with van der Waals surface area (Å²) in [4.78, 5) is 1.19. The predicted molar refractivity (Wildman–Crippen MR) is 75.9 cm³/mol. The second-order valence-electron chi connectivity index (χ2n) is 3.91. The molecule has 0 aliphatic heterocycles. The van der Waals surface area contributed by atoms with Crippen LogP contribution in [0.5, 0.6) is 0 Å². The summed E-state index contributed by atoms with van der Waals surface area (Å²) in [6, 6.07) is 2.15. The van der Waals surface area contributed by atoms with E-state index in [0.29, 0.717) is 6.54 Å². The third-order valence-corrected chi connectivity index (χ3v) is 6.29. The van der Waals surface area contributed by atoms with Crippen LogP contribution in [0.3, 0.4) is 0 Å². The van der Waals surface area contributed by atoms with Crippen LogP contribution in [0.4, 0.5) is 0 Å². The van der Waals surface area contributed by atoms with E-state index in [2.05, 4.69) is 21.2 Å². The van der Waals surface area contributed by atoms with Gasteiger partial charge in [0.25, 0.3) is 0 Å². The molecule has 1 aromatic heterocycles. The molecule has 0 saturated carbocycles. The molecule has 0 aliphatic rings. The Kier molecular flexibility index (Phi) is 5.59. The fourth-order valence-electron chi connectivity index (χ4n) is 1.29. The van der Waals surface area contributed by atoms with Crippen LogP contribution < -0.4 is 5.32 Å². The van der Waals surface area contributed by atoms with E-state index in [4.69, 9.17) is 0 Å². The maximum Gasteiger partial charge on any atom is 0.214 e. The van der Waals surface area contributed by atoms with Gasteiger partial charge < -0.3 is 5.32 Å². The number of rotatable bonds is 6. The monoisotopic (exact) mass is 340 g/mol. The van der Waals surface area contributed by atoms with Crippen molar-refractivity contribution in [1.29, 1.82) is 0 Å². The largest absolute Gasteiger partial charge is 0.308 e. The summed E-state index contributed by atoms with van der Waals surface area (Å²) >= 11 is 5.12. The lowest BCUT2D eigenvalue weighted by atomic mass is 10.3. The molecule has 1 aromatic rings. The Morgan fingerprint density at radius 3 is 2.65 bits per heavy atom. The first-order chi connectivity index (χ1) is 7.84. The van der Waals surface area contributed by atoms with Crippen LogP contribution in [0.25, 0.3) is 0 Å².